The van der Waals surface area contributed by atoms with Crippen molar-refractivity contribution in [2.75, 3.05) is 13.1 Å². The molecule has 3 amide bonds. The Bertz CT molecular complexity index is 668. The summed E-state index contributed by atoms with van der Waals surface area (Å²) in [5.74, 6) is -3.36. The summed E-state index contributed by atoms with van der Waals surface area (Å²) in [7, 11) is 0. The van der Waals surface area contributed by atoms with Crippen molar-refractivity contribution in [3.63, 3.8) is 0 Å². The van der Waals surface area contributed by atoms with Gasteiger partial charge in [-0.15, -0.1) is 0 Å². The Labute approximate surface area is 126 Å². The Morgan fingerprint density at radius 2 is 1.86 bits per heavy atom. The summed E-state index contributed by atoms with van der Waals surface area (Å²) in [6.07, 6.45) is 0. The Balaban J connectivity index is 2.03. The highest BCUT2D eigenvalue weighted by molar-refractivity contribution is 6.22. The average Bonchev–Trinajstić information content (AvgIpc) is 2.69. The molecule has 2 rings (SSSR count). The molecule has 7 nitrogen and oxygen atoms in total. The monoisotopic (exact) mass is 304 g/mol. The third kappa shape index (κ3) is 2.98. The van der Waals surface area contributed by atoms with Gasteiger partial charge in [-0.2, -0.15) is 0 Å². The van der Waals surface area contributed by atoms with Crippen LogP contribution in [-0.4, -0.2) is 46.8 Å². The summed E-state index contributed by atoms with van der Waals surface area (Å²) >= 11 is 0. The number of aryl methyl sites for hydroxylation is 1. The molecule has 0 saturated heterocycles. The Morgan fingerprint density at radius 3 is 2.50 bits per heavy atom. The molecule has 22 heavy (non-hydrogen) atoms. The predicted octanol–water partition coefficient (Wildman–Crippen LogP) is 0.428. The second-order valence-corrected chi connectivity index (χ2v) is 5.29. The number of rotatable bonds is 5. The van der Waals surface area contributed by atoms with Crippen LogP contribution in [0.4, 0.5) is 0 Å². The van der Waals surface area contributed by atoms with Gasteiger partial charge < -0.3 is 10.4 Å². The molecule has 1 aromatic rings. The second-order valence-electron chi connectivity index (χ2n) is 5.29. The van der Waals surface area contributed by atoms with Gasteiger partial charge in [-0.1, -0.05) is 18.6 Å². The van der Waals surface area contributed by atoms with E-state index < -0.39 is 36.2 Å². The molecule has 116 valence electrons. The number of aliphatic carboxylic acids is 1. The van der Waals surface area contributed by atoms with Crippen molar-refractivity contribution in [3.8, 4) is 0 Å². The van der Waals surface area contributed by atoms with Crippen LogP contribution in [0, 0.1) is 12.8 Å². The van der Waals surface area contributed by atoms with Gasteiger partial charge in [-0.05, 0) is 19.1 Å². The van der Waals surface area contributed by atoms with Gasteiger partial charge in [0.15, 0.2) is 0 Å². The number of fused-ring (bicyclic) bond motifs is 1. The Hall–Kier alpha value is -2.70. The molecule has 0 aromatic heterocycles. The van der Waals surface area contributed by atoms with Gasteiger partial charge in [-0.3, -0.25) is 24.1 Å². The maximum atomic E-state index is 12.2. The molecule has 0 aliphatic carbocycles. The van der Waals surface area contributed by atoms with Crippen LogP contribution >= 0.6 is 0 Å². The van der Waals surface area contributed by atoms with Crippen LogP contribution in [0.15, 0.2) is 18.2 Å². The maximum absolute atomic E-state index is 12.2. The van der Waals surface area contributed by atoms with Crippen LogP contribution in [0.3, 0.4) is 0 Å². The van der Waals surface area contributed by atoms with Crippen LogP contribution in [0.5, 0.6) is 0 Å². The lowest BCUT2D eigenvalue weighted by Crippen LogP contribution is -2.42. The van der Waals surface area contributed by atoms with Gasteiger partial charge >= 0.3 is 5.97 Å². The number of carbonyl (C=O) groups is 4. The van der Waals surface area contributed by atoms with Crippen molar-refractivity contribution >= 4 is 23.7 Å². The quantitative estimate of drug-likeness (QED) is 0.768. The van der Waals surface area contributed by atoms with Crippen molar-refractivity contribution in [2.24, 2.45) is 5.92 Å². The molecule has 0 fully saturated rings. The molecular formula is C15H16N2O5. The van der Waals surface area contributed by atoms with Gasteiger partial charge in [0, 0.05) is 6.54 Å². The molecule has 1 aliphatic heterocycles. The standard InChI is InChI=1S/C15H16N2O5/c1-8-3-4-10-11(5-8)14(20)17(13(10)19)7-12(18)16-6-9(2)15(21)22/h3-5,9H,6-7H2,1-2H3,(H,16,18)(H,21,22). The molecule has 0 bridgehead atoms. The van der Waals surface area contributed by atoms with E-state index in [1.165, 1.54) is 6.92 Å². The average molecular weight is 304 g/mol. The minimum Gasteiger partial charge on any atom is -0.481 e. The first-order chi connectivity index (χ1) is 10.3. The van der Waals surface area contributed by atoms with Crippen LogP contribution in [-0.2, 0) is 9.59 Å². The highest BCUT2D eigenvalue weighted by atomic mass is 16.4. The maximum Gasteiger partial charge on any atom is 0.308 e. The van der Waals surface area contributed by atoms with E-state index in [0.717, 1.165) is 10.5 Å². The fraction of sp³-hybridized carbons (Fsp3) is 0.333. The molecule has 0 radical (unpaired) electrons. The van der Waals surface area contributed by atoms with E-state index in [9.17, 15) is 19.2 Å². The van der Waals surface area contributed by atoms with Crippen molar-refractivity contribution in [1.29, 1.82) is 0 Å². The van der Waals surface area contributed by atoms with Gasteiger partial charge in [0.05, 0.1) is 17.0 Å². The summed E-state index contributed by atoms with van der Waals surface area (Å²) < 4.78 is 0. The third-order valence-electron chi connectivity index (χ3n) is 3.45. The summed E-state index contributed by atoms with van der Waals surface area (Å²) in [5.41, 5.74) is 1.42. The van der Waals surface area contributed by atoms with E-state index in [4.69, 9.17) is 5.11 Å². The zero-order valence-corrected chi connectivity index (χ0v) is 12.3. The largest absolute Gasteiger partial charge is 0.481 e. The smallest absolute Gasteiger partial charge is 0.308 e. The number of nitrogens with zero attached hydrogens (tertiary/aromatic N) is 1. The number of hydrogen-bond donors (Lipinski definition) is 2. The van der Waals surface area contributed by atoms with Crippen LogP contribution in [0.25, 0.3) is 0 Å². The van der Waals surface area contributed by atoms with E-state index >= 15 is 0 Å². The lowest BCUT2D eigenvalue weighted by molar-refractivity contribution is -0.141. The second kappa shape index (κ2) is 5.97. The van der Waals surface area contributed by atoms with Crippen molar-refractivity contribution in [1.82, 2.24) is 10.2 Å². The topological polar surface area (TPSA) is 104 Å². The zero-order chi connectivity index (χ0) is 16.4. The molecule has 0 spiro atoms. The summed E-state index contributed by atoms with van der Waals surface area (Å²) in [6.45, 7) is 2.78. The van der Waals surface area contributed by atoms with Gasteiger partial charge in [0.2, 0.25) is 5.91 Å². The highest BCUT2D eigenvalue weighted by Gasteiger charge is 2.36. The SMILES string of the molecule is Cc1ccc2c(c1)C(=O)N(CC(=O)NCC(C)C(=O)O)C2=O. The fourth-order valence-corrected chi connectivity index (χ4v) is 2.10. The lowest BCUT2D eigenvalue weighted by Gasteiger charge is -2.14. The number of nitrogens with one attached hydrogen (secondary N) is 1. The van der Waals surface area contributed by atoms with Crippen LogP contribution < -0.4 is 5.32 Å². The summed E-state index contributed by atoms with van der Waals surface area (Å²) in [6, 6.07) is 4.90. The molecule has 1 unspecified atom stereocenters. The molecule has 7 heteroatoms. The highest BCUT2D eigenvalue weighted by Crippen LogP contribution is 2.23. The third-order valence-corrected chi connectivity index (χ3v) is 3.45. The molecule has 0 saturated carbocycles. The Morgan fingerprint density at radius 1 is 1.23 bits per heavy atom. The lowest BCUT2D eigenvalue weighted by atomic mass is 10.1. The molecular weight excluding hydrogens is 288 g/mol. The van der Waals surface area contributed by atoms with Crippen molar-refractivity contribution in [3.05, 3.63) is 34.9 Å². The predicted molar refractivity (Wildman–Crippen MR) is 76.4 cm³/mol. The summed E-state index contributed by atoms with van der Waals surface area (Å²) in [4.78, 5) is 47.6. The molecule has 1 heterocycles. The number of benzene rings is 1. The molecule has 1 atom stereocenters. The van der Waals surface area contributed by atoms with Crippen molar-refractivity contribution in [2.45, 2.75) is 13.8 Å². The molecule has 1 aliphatic rings. The summed E-state index contributed by atoms with van der Waals surface area (Å²) in [5, 5.41) is 11.1. The van der Waals surface area contributed by atoms with Crippen LogP contribution in [0.1, 0.15) is 33.2 Å². The van der Waals surface area contributed by atoms with E-state index in [1.54, 1.807) is 25.1 Å². The van der Waals surface area contributed by atoms with Gasteiger partial charge in [0.25, 0.3) is 11.8 Å². The first kappa shape index (κ1) is 15.7. The minimum absolute atomic E-state index is 0.0591. The number of carbonyl (C=O) groups excluding carboxylic acids is 3. The van der Waals surface area contributed by atoms with Gasteiger partial charge in [-0.25, -0.2) is 0 Å². The van der Waals surface area contributed by atoms with Crippen LogP contribution in [0.2, 0.25) is 0 Å². The van der Waals surface area contributed by atoms with Crippen molar-refractivity contribution < 1.29 is 24.3 Å². The molecule has 2 N–H and O–H groups in total. The first-order valence-electron chi connectivity index (χ1n) is 6.77. The first-order valence-corrected chi connectivity index (χ1v) is 6.77. The normalized spacial score (nSPS) is 14.7. The van der Waals surface area contributed by atoms with E-state index in [-0.39, 0.29) is 17.7 Å². The van der Waals surface area contributed by atoms with Gasteiger partial charge in [0.1, 0.15) is 6.54 Å². The zero-order valence-electron chi connectivity index (χ0n) is 12.3. The number of imide groups is 1. The minimum atomic E-state index is -1.03. The Kier molecular flexibility index (Phi) is 4.25. The number of amides is 3. The number of carboxylic acid groups (broad SMARTS) is 1. The van der Waals surface area contributed by atoms with E-state index in [2.05, 4.69) is 5.32 Å². The van der Waals surface area contributed by atoms with E-state index in [1.807, 2.05) is 0 Å². The number of hydrogen-bond acceptors (Lipinski definition) is 4. The number of carboxylic acids is 1. The fourth-order valence-electron chi connectivity index (χ4n) is 2.10. The van der Waals surface area contributed by atoms with E-state index in [0.29, 0.717) is 0 Å². The molecule has 1 aromatic carbocycles.